The Hall–Kier alpha value is -2.65. The van der Waals surface area contributed by atoms with Crippen molar-refractivity contribution in [1.82, 2.24) is 0 Å². The van der Waals surface area contributed by atoms with Gasteiger partial charge in [0.1, 0.15) is 0 Å². The van der Waals surface area contributed by atoms with Gasteiger partial charge in [-0.1, -0.05) is 6.07 Å². The van der Waals surface area contributed by atoms with Crippen molar-refractivity contribution in [2.24, 2.45) is 0 Å². The average molecular weight is 391 g/mol. The number of anilines is 2. The van der Waals surface area contributed by atoms with Gasteiger partial charge in [0.15, 0.2) is 0 Å². The van der Waals surface area contributed by atoms with Crippen LogP contribution in [0.25, 0.3) is 0 Å². The standard InChI is InChI=1S/C18H21N3O5S/c1-13-3-5-16(12-18(13)21(22)23)27(24,25)19-17-6-4-15(11-14(17)2)20-7-9-26-10-8-20/h3-6,11-12,19H,7-10H2,1-2H3. The molecule has 0 amide bonds. The van der Waals surface area contributed by atoms with E-state index in [4.69, 9.17) is 4.74 Å². The summed E-state index contributed by atoms with van der Waals surface area (Å²) in [7, 11) is -3.93. The summed E-state index contributed by atoms with van der Waals surface area (Å²) in [5.41, 5.74) is 2.39. The van der Waals surface area contributed by atoms with Crippen LogP contribution in [0.5, 0.6) is 0 Å². The molecule has 27 heavy (non-hydrogen) atoms. The molecule has 0 unspecified atom stereocenters. The maximum absolute atomic E-state index is 12.7. The smallest absolute Gasteiger partial charge is 0.273 e. The minimum absolute atomic E-state index is 0.142. The Morgan fingerprint density at radius 2 is 1.78 bits per heavy atom. The number of rotatable bonds is 5. The maximum Gasteiger partial charge on any atom is 0.273 e. The van der Waals surface area contributed by atoms with Crippen molar-refractivity contribution in [2.45, 2.75) is 18.7 Å². The Morgan fingerprint density at radius 1 is 1.07 bits per heavy atom. The van der Waals surface area contributed by atoms with Gasteiger partial charge >= 0.3 is 0 Å². The van der Waals surface area contributed by atoms with Gasteiger partial charge < -0.3 is 9.64 Å². The van der Waals surface area contributed by atoms with Crippen molar-refractivity contribution in [3.05, 3.63) is 57.6 Å². The van der Waals surface area contributed by atoms with Gasteiger partial charge in [0, 0.05) is 30.4 Å². The Kier molecular flexibility index (Phi) is 5.33. The summed E-state index contributed by atoms with van der Waals surface area (Å²) < 4.78 is 33.2. The summed E-state index contributed by atoms with van der Waals surface area (Å²) in [5, 5.41) is 11.1. The van der Waals surface area contributed by atoms with E-state index < -0.39 is 14.9 Å². The van der Waals surface area contributed by atoms with Crippen LogP contribution >= 0.6 is 0 Å². The molecule has 1 N–H and O–H groups in total. The van der Waals surface area contributed by atoms with E-state index in [0.29, 0.717) is 24.5 Å². The molecule has 0 atom stereocenters. The second-order valence-corrected chi connectivity index (χ2v) is 8.09. The third-order valence-electron chi connectivity index (χ3n) is 4.52. The van der Waals surface area contributed by atoms with Gasteiger partial charge in [0.05, 0.1) is 28.7 Å². The second kappa shape index (κ2) is 7.53. The first-order valence-electron chi connectivity index (χ1n) is 8.49. The van der Waals surface area contributed by atoms with E-state index in [0.717, 1.165) is 30.4 Å². The first-order chi connectivity index (χ1) is 12.8. The van der Waals surface area contributed by atoms with Gasteiger partial charge in [-0.05, 0) is 43.7 Å². The molecule has 0 bridgehead atoms. The predicted octanol–water partition coefficient (Wildman–Crippen LogP) is 2.85. The average Bonchev–Trinajstić information content (AvgIpc) is 2.64. The van der Waals surface area contributed by atoms with Crippen LogP contribution in [-0.2, 0) is 14.8 Å². The van der Waals surface area contributed by atoms with Gasteiger partial charge in [0.2, 0.25) is 0 Å². The molecular weight excluding hydrogens is 370 g/mol. The topological polar surface area (TPSA) is 102 Å². The monoisotopic (exact) mass is 391 g/mol. The summed E-state index contributed by atoms with van der Waals surface area (Å²) in [5.74, 6) is 0. The lowest BCUT2D eigenvalue weighted by atomic mass is 10.1. The molecule has 8 nitrogen and oxygen atoms in total. The number of benzene rings is 2. The van der Waals surface area contributed by atoms with Crippen molar-refractivity contribution in [2.75, 3.05) is 35.9 Å². The second-order valence-electron chi connectivity index (χ2n) is 6.41. The summed E-state index contributed by atoms with van der Waals surface area (Å²) in [6, 6.07) is 9.35. The van der Waals surface area contributed by atoms with Gasteiger partial charge in [-0.3, -0.25) is 14.8 Å². The first-order valence-corrected chi connectivity index (χ1v) is 9.97. The summed E-state index contributed by atoms with van der Waals surface area (Å²) in [4.78, 5) is 12.5. The number of nitro groups is 1. The van der Waals surface area contributed by atoms with E-state index in [1.54, 1.807) is 13.0 Å². The third-order valence-corrected chi connectivity index (χ3v) is 5.88. The molecule has 3 rings (SSSR count). The minimum atomic E-state index is -3.93. The maximum atomic E-state index is 12.7. The van der Waals surface area contributed by atoms with E-state index in [1.165, 1.54) is 12.1 Å². The molecule has 1 saturated heterocycles. The Labute approximate surface area is 158 Å². The molecule has 2 aromatic carbocycles. The lowest BCUT2D eigenvalue weighted by Gasteiger charge is -2.29. The van der Waals surface area contributed by atoms with E-state index in [-0.39, 0.29) is 10.6 Å². The normalized spacial score (nSPS) is 14.8. The number of aryl methyl sites for hydroxylation is 2. The number of morpholine rings is 1. The van der Waals surface area contributed by atoms with Crippen molar-refractivity contribution in [1.29, 1.82) is 0 Å². The SMILES string of the molecule is Cc1cc(N2CCOCC2)ccc1NS(=O)(=O)c1ccc(C)c([N+](=O)[O-])c1. The van der Waals surface area contributed by atoms with Crippen molar-refractivity contribution < 1.29 is 18.1 Å². The van der Waals surface area contributed by atoms with Crippen LogP contribution in [0.3, 0.4) is 0 Å². The summed E-state index contributed by atoms with van der Waals surface area (Å²) in [6.07, 6.45) is 0. The number of nitro benzene ring substituents is 1. The van der Waals surface area contributed by atoms with E-state index in [9.17, 15) is 18.5 Å². The van der Waals surface area contributed by atoms with Crippen LogP contribution in [0.1, 0.15) is 11.1 Å². The molecule has 144 valence electrons. The number of sulfonamides is 1. The van der Waals surface area contributed by atoms with Crippen LogP contribution in [-0.4, -0.2) is 39.6 Å². The Balaban J connectivity index is 1.85. The zero-order valence-electron chi connectivity index (χ0n) is 15.1. The zero-order valence-corrected chi connectivity index (χ0v) is 16.0. The number of nitrogens with one attached hydrogen (secondary N) is 1. The van der Waals surface area contributed by atoms with Gasteiger partial charge in [-0.25, -0.2) is 8.42 Å². The number of hydrogen-bond acceptors (Lipinski definition) is 6. The molecule has 0 radical (unpaired) electrons. The fraction of sp³-hybridized carbons (Fsp3) is 0.333. The molecule has 0 saturated carbocycles. The molecule has 9 heteroatoms. The summed E-state index contributed by atoms with van der Waals surface area (Å²) in [6.45, 7) is 6.30. The number of ether oxygens (including phenoxy) is 1. The predicted molar refractivity (Wildman–Crippen MR) is 103 cm³/mol. The number of nitrogens with zero attached hydrogens (tertiary/aromatic N) is 2. The first kappa shape index (κ1) is 19.1. The number of hydrogen-bond donors (Lipinski definition) is 1. The lowest BCUT2D eigenvalue weighted by molar-refractivity contribution is -0.385. The quantitative estimate of drug-likeness (QED) is 0.621. The van der Waals surface area contributed by atoms with Crippen molar-refractivity contribution in [3.63, 3.8) is 0 Å². The molecule has 1 aliphatic heterocycles. The molecule has 2 aromatic rings. The highest BCUT2D eigenvalue weighted by Gasteiger charge is 2.21. The van der Waals surface area contributed by atoms with E-state index in [1.807, 2.05) is 19.1 Å². The fourth-order valence-corrected chi connectivity index (χ4v) is 4.09. The molecular formula is C18H21N3O5S. The Morgan fingerprint density at radius 3 is 2.41 bits per heavy atom. The zero-order chi connectivity index (χ0) is 19.6. The highest BCUT2D eigenvalue weighted by Crippen LogP contribution is 2.27. The molecule has 0 aromatic heterocycles. The van der Waals surface area contributed by atoms with E-state index >= 15 is 0 Å². The van der Waals surface area contributed by atoms with Gasteiger partial charge in [0.25, 0.3) is 15.7 Å². The third kappa shape index (κ3) is 4.20. The lowest BCUT2D eigenvalue weighted by Crippen LogP contribution is -2.36. The van der Waals surface area contributed by atoms with Gasteiger partial charge in [-0.15, -0.1) is 0 Å². The van der Waals surface area contributed by atoms with Gasteiger partial charge in [-0.2, -0.15) is 0 Å². The summed E-state index contributed by atoms with van der Waals surface area (Å²) >= 11 is 0. The molecule has 0 spiro atoms. The minimum Gasteiger partial charge on any atom is -0.378 e. The van der Waals surface area contributed by atoms with E-state index in [2.05, 4.69) is 9.62 Å². The van der Waals surface area contributed by atoms with Crippen molar-refractivity contribution >= 4 is 27.1 Å². The van der Waals surface area contributed by atoms with Crippen molar-refractivity contribution in [3.8, 4) is 0 Å². The van der Waals surface area contributed by atoms with Crippen LogP contribution in [0.4, 0.5) is 17.1 Å². The fourth-order valence-electron chi connectivity index (χ4n) is 2.94. The molecule has 0 aliphatic carbocycles. The van der Waals surface area contributed by atoms with Crippen LogP contribution < -0.4 is 9.62 Å². The molecule has 1 aliphatic rings. The molecule has 1 heterocycles. The highest BCUT2D eigenvalue weighted by atomic mass is 32.2. The Bertz CT molecular complexity index is 969. The highest BCUT2D eigenvalue weighted by molar-refractivity contribution is 7.92. The molecule has 1 fully saturated rings. The van der Waals surface area contributed by atoms with Crippen LogP contribution in [0, 0.1) is 24.0 Å². The van der Waals surface area contributed by atoms with Crippen LogP contribution in [0.2, 0.25) is 0 Å². The van der Waals surface area contributed by atoms with Crippen LogP contribution in [0.15, 0.2) is 41.3 Å². The largest absolute Gasteiger partial charge is 0.378 e.